The molecule has 0 spiro atoms. The number of hydrogen-bond donors (Lipinski definition) is 2. The van der Waals surface area contributed by atoms with E-state index < -0.39 is 0 Å². The molecule has 0 atom stereocenters. The first-order valence-corrected chi connectivity index (χ1v) is 9.30. The van der Waals surface area contributed by atoms with E-state index in [1.54, 1.807) is 25.6 Å². The molecular weight excluding hydrogens is 487 g/mol. The average Bonchev–Trinajstić information content (AvgIpc) is 3.17. The highest BCUT2D eigenvalue weighted by molar-refractivity contribution is 14.0. The van der Waals surface area contributed by atoms with Crippen molar-refractivity contribution in [1.82, 2.24) is 4.98 Å². The second-order valence-electron chi connectivity index (χ2n) is 5.79. The molecular formula is C20H23IN4O2S. The van der Waals surface area contributed by atoms with Gasteiger partial charge in [0.2, 0.25) is 0 Å². The van der Waals surface area contributed by atoms with Crippen LogP contribution in [0.5, 0.6) is 5.75 Å². The maximum atomic E-state index is 6.03. The highest BCUT2D eigenvalue weighted by atomic mass is 127. The molecule has 0 saturated carbocycles. The lowest BCUT2D eigenvalue weighted by Gasteiger charge is -2.10. The van der Waals surface area contributed by atoms with E-state index in [2.05, 4.69) is 15.3 Å². The summed E-state index contributed by atoms with van der Waals surface area (Å²) in [6.45, 7) is 0.922. The zero-order valence-electron chi connectivity index (χ0n) is 15.7. The van der Waals surface area contributed by atoms with E-state index in [1.807, 2.05) is 53.9 Å². The summed E-state index contributed by atoms with van der Waals surface area (Å²) in [5.41, 5.74) is 9.86. The molecule has 8 heteroatoms. The van der Waals surface area contributed by atoms with Crippen LogP contribution in [-0.2, 0) is 17.9 Å². The van der Waals surface area contributed by atoms with Crippen LogP contribution in [0.1, 0.15) is 11.3 Å². The fraction of sp³-hybridized carbons (Fsp3) is 0.200. The Hall–Kier alpha value is -2.17. The standard InChI is InChI=1S/C20H22N4O2S.HI/c1-25-12-15-5-3-4-6-18(15)24-20(21)22-11-16-13-27-19(23-16)14-7-9-17(26-2)10-8-14;/h3-10,13H,11-12H2,1-2H3,(H3,21,22,24);1H. The van der Waals surface area contributed by atoms with Gasteiger partial charge in [0.25, 0.3) is 0 Å². The number of nitrogens with two attached hydrogens (primary N) is 1. The summed E-state index contributed by atoms with van der Waals surface area (Å²) < 4.78 is 10.4. The van der Waals surface area contributed by atoms with Gasteiger partial charge in [0.05, 0.1) is 26.0 Å². The van der Waals surface area contributed by atoms with Crippen molar-refractivity contribution < 1.29 is 9.47 Å². The Bertz CT molecular complexity index is 913. The van der Waals surface area contributed by atoms with Crippen LogP contribution in [0.4, 0.5) is 5.69 Å². The minimum Gasteiger partial charge on any atom is -0.497 e. The number of guanidine groups is 1. The van der Waals surface area contributed by atoms with Gasteiger partial charge in [-0.15, -0.1) is 35.3 Å². The predicted octanol–water partition coefficient (Wildman–Crippen LogP) is 4.51. The second kappa shape index (κ2) is 11.0. The number of halogens is 1. The number of anilines is 1. The number of rotatable bonds is 7. The van der Waals surface area contributed by atoms with Gasteiger partial charge in [-0.25, -0.2) is 9.98 Å². The number of nitrogens with one attached hydrogen (secondary N) is 1. The minimum absolute atomic E-state index is 0. The Morgan fingerprint density at radius 2 is 1.89 bits per heavy atom. The molecule has 0 fully saturated rings. The third-order valence-electron chi connectivity index (χ3n) is 3.88. The van der Waals surface area contributed by atoms with E-state index >= 15 is 0 Å². The molecule has 0 bridgehead atoms. The summed E-state index contributed by atoms with van der Waals surface area (Å²) in [4.78, 5) is 9.02. The Morgan fingerprint density at radius 3 is 2.61 bits per heavy atom. The lowest BCUT2D eigenvalue weighted by molar-refractivity contribution is 0.185. The summed E-state index contributed by atoms with van der Waals surface area (Å²) in [6.07, 6.45) is 0. The number of para-hydroxylation sites is 1. The highest BCUT2D eigenvalue weighted by Gasteiger charge is 2.06. The summed E-state index contributed by atoms with van der Waals surface area (Å²) in [6, 6.07) is 15.7. The van der Waals surface area contributed by atoms with Crippen LogP contribution in [-0.4, -0.2) is 25.2 Å². The van der Waals surface area contributed by atoms with E-state index in [4.69, 9.17) is 15.2 Å². The van der Waals surface area contributed by atoms with Crippen LogP contribution in [0.15, 0.2) is 58.9 Å². The molecule has 28 heavy (non-hydrogen) atoms. The van der Waals surface area contributed by atoms with Crippen molar-refractivity contribution in [3.05, 3.63) is 65.2 Å². The van der Waals surface area contributed by atoms with Crippen LogP contribution < -0.4 is 15.8 Å². The van der Waals surface area contributed by atoms with Crippen molar-refractivity contribution in [2.75, 3.05) is 19.5 Å². The number of nitrogens with zero attached hydrogens (tertiary/aromatic N) is 2. The Labute approximate surface area is 185 Å². The molecule has 1 aromatic heterocycles. The smallest absolute Gasteiger partial charge is 0.193 e. The van der Waals surface area contributed by atoms with Crippen molar-refractivity contribution in [1.29, 1.82) is 0 Å². The van der Waals surface area contributed by atoms with Crippen molar-refractivity contribution in [3.63, 3.8) is 0 Å². The lowest BCUT2D eigenvalue weighted by Crippen LogP contribution is -2.23. The molecule has 1 heterocycles. The number of hydrogen-bond acceptors (Lipinski definition) is 5. The predicted molar refractivity (Wildman–Crippen MR) is 126 cm³/mol. The van der Waals surface area contributed by atoms with E-state index in [-0.39, 0.29) is 24.0 Å². The number of aromatic nitrogens is 1. The highest BCUT2D eigenvalue weighted by Crippen LogP contribution is 2.26. The molecule has 6 nitrogen and oxygen atoms in total. The van der Waals surface area contributed by atoms with Crippen LogP contribution in [0.25, 0.3) is 10.6 Å². The monoisotopic (exact) mass is 510 g/mol. The van der Waals surface area contributed by atoms with Gasteiger partial charge in [0, 0.05) is 29.3 Å². The quantitative estimate of drug-likeness (QED) is 0.278. The van der Waals surface area contributed by atoms with Gasteiger partial charge >= 0.3 is 0 Å². The molecule has 0 unspecified atom stereocenters. The Kier molecular flexibility index (Phi) is 8.68. The second-order valence-corrected chi connectivity index (χ2v) is 6.65. The fourth-order valence-corrected chi connectivity index (χ4v) is 3.33. The lowest BCUT2D eigenvalue weighted by atomic mass is 10.2. The van der Waals surface area contributed by atoms with Crippen molar-refractivity contribution in [3.8, 4) is 16.3 Å². The van der Waals surface area contributed by atoms with Gasteiger partial charge in [0.1, 0.15) is 10.8 Å². The third-order valence-corrected chi connectivity index (χ3v) is 4.82. The molecule has 0 aliphatic rings. The maximum absolute atomic E-state index is 6.03. The van der Waals surface area contributed by atoms with Crippen LogP contribution >= 0.6 is 35.3 Å². The summed E-state index contributed by atoms with van der Waals surface area (Å²) in [5.74, 6) is 1.17. The topological polar surface area (TPSA) is 81.8 Å². The first kappa shape index (κ1) is 22.1. The van der Waals surface area contributed by atoms with Crippen molar-refractivity contribution in [2.24, 2.45) is 10.7 Å². The van der Waals surface area contributed by atoms with E-state index in [1.165, 1.54) is 0 Å². The third kappa shape index (κ3) is 5.91. The van der Waals surface area contributed by atoms with Gasteiger partial charge in [0.15, 0.2) is 5.96 Å². The molecule has 2 aromatic carbocycles. The number of ether oxygens (including phenoxy) is 2. The number of thiazole rings is 1. The summed E-state index contributed by atoms with van der Waals surface area (Å²) in [5, 5.41) is 6.07. The van der Waals surface area contributed by atoms with Crippen LogP contribution in [0, 0.1) is 0 Å². The Balaban J connectivity index is 0.00000280. The summed E-state index contributed by atoms with van der Waals surface area (Å²) in [7, 11) is 3.32. The van der Waals surface area contributed by atoms with Crippen molar-refractivity contribution in [2.45, 2.75) is 13.2 Å². The number of methoxy groups -OCH3 is 2. The molecule has 0 amide bonds. The van der Waals surface area contributed by atoms with Gasteiger partial charge in [-0.1, -0.05) is 18.2 Å². The Morgan fingerprint density at radius 1 is 1.14 bits per heavy atom. The molecule has 0 radical (unpaired) electrons. The molecule has 0 aliphatic carbocycles. The van der Waals surface area contributed by atoms with Gasteiger partial charge in [-0.2, -0.15) is 0 Å². The molecule has 148 valence electrons. The molecule has 3 aromatic rings. The molecule has 3 rings (SSSR count). The fourth-order valence-electron chi connectivity index (χ4n) is 2.51. The summed E-state index contributed by atoms with van der Waals surface area (Å²) >= 11 is 1.58. The maximum Gasteiger partial charge on any atom is 0.193 e. The van der Waals surface area contributed by atoms with Gasteiger partial charge < -0.3 is 20.5 Å². The van der Waals surface area contributed by atoms with E-state index in [0.717, 1.165) is 33.3 Å². The van der Waals surface area contributed by atoms with Gasteiger partial charge in [-0.05, 0) is 30.3 Å². The largest absolute Gasteiger partial charge is 0.497 e. The molecule has 3 N–H and O–H groups in total. The number of aliphatic imine (C=N–C) groups is 1. The molecule has 0 saturated heterocycles. The average molecular weight is 510 g/mol. The van der Waals surface area contributed by atoms with Crippen LogP contribution in [0.2, 0.25) is 0 Å². The van der Waals surface area contributed by atoms with Crippen molar-refractivity contribution >= 4 is 47.0 Å². The first-order chi connectivity index (χ1) is 13.2. The molecule has 0 aliphatic heterocycles. The normalized spacial score (nSPS) is 11.0. The van der Waals surface area contributed by atoms with E-state index in [0.29, 0.717) is 19.1 Å². The van der Waals surface area contributed by atoms with E-state index in [9.17, 15) is 0 Å². The zero-order chi connectivity index (χ0) is 19.1. The van der Waals surface area contributed by atoms with Crippen LogP contribution in [0.3, 0.4) is 0 Å². The van der Waals surface area contributed by atoms with Gasteiger partial charge in [-0.3, -0.25) is 0 Å². The first-order valence-electron chi connectivity index (χ1n) is 8.42. The minimum atomic E-state index is 0. The SMILES string of the molecule is COCc1ccccc1NC(N)=NCc1csc(-c2ccc(OC)cc2)n1.I. The zero-order valence-corrected chi connectivity index (χ0v) is 18.9. The number of benzene rings is 2.